The summed E-state index contributed by atoms with van der Waals surface area (Å²) in [4.78, 5) is 11.7. The van der Waals surface area contributed by atoms with E-state index in [2.05, 4.69) is 22.9 Å². The van der Waals surface area contributed by atoms with E-state index < -0.39 is 0 Å². The van der Waals surface area contributed by atoms with Crippen LogP contribution in [0.5, 0.6) is 0 Å². The van der Waals surface area contributed by atoms with Crippen LogP contribution in [-0.4, -0.2) is 9.90 Å². The monoisotopic (exact) mass is 297 g/mol. The van der Waals surface area contributed by atoms with E-state index in [0.29, 0.717) is 11.5 Å². The molecule has 2 aromatic rings. The number of nitrogens with zero attached hydrogens (tertiary/aromatic N) is 1. The largest absolute Gasteiger partial charge is 0.419 e. The van der Waals surface area contributed by atoms with E-state index in [1.54, 1.807) is 4.57 Å². The molecular formula is C13H16BrNO2. The second-order valence-corrected chi connectivity index (χ2v) is 5.15. The molecule has 1 aromatic carbocycles. The Morgan fingerprint density at radius 2 is 2.12 bits per heavy atom. The topological polar surface area (TPSA) is 35.1 Å². The number of hydrogen-bond donors (Lipinski definition) is 0. The van der Waals surface area contributed by atoms with Gasteiger partial charge in [0.25, 0.3) is 0 Å². The van der Waals surface area contributed by atoms with Crippen molar-refractivity contribution in [2.75, 3.05) is 5.33 Å². The van der Waals surface area contributed by atoms with Crippen LogP contribution in [0.15, 0.2) is 33.5 Å². The minimum Gasteiger partial charge on any atom is -0.408 e. The van der Waals surface area contributed by atoms with Crippen LogP contribution in [0, 0.1) is 5.92 Å². The fraction of sp³-hybridized carbons (Fsp3) is 0.462. The van der Waals surface area contributed by atoms with E-state index in [9.17, 15) is 4.79 Å². The molecule has 0 saturated carbocycles. The van der Waals surface area contributed by atoms with Crippen LogP contribution >= 0.6 is 15.9 Å². The summed E-state index contributed by atoms with van der Waals surface area (Å²) in [6.45, 7) is 2.93. The fourth-order valence-corrected chi connectivity index (χ4v) is 2.69. The van der Waals surface area contributed by atoms with E-state index in [0.717, 1.165) is 30.2 Å². The normalized spacial score (nSPS) is 13.1. The first-order valence-electron chi connectivity index (χ1n) is 5.86. The zero-order valence-electron chi connectivity index (χ0n) is 9.86. The second-order valence-electron chi connectivity index (χ2n) is 4.36. The maximum absolute atomic E-state index is 11.7. The average Bonchev–Trinajstić information content (AvgIpc) is 2.62. The third kappa shape index (κ3) is 2.80. The van der Waals surface area contributed by atoms with Crippen LogP contribution in [0.25, 0.3) is 11.1 Å². The van der Waals surface area contributed by atoms with E-state index in [1.165, 1.54) is 0 Å². The van der Waals surface area contributed by atoms with Crippen molar-refractivity contribution >= 4 is 27.0 Å². The Morgan fingerprint density at radius 1 is 1.35 bits per heavy atom. The first-order chi connectivity index (χ1) is 8.22. The van der Waals surface area contributed by atoms with Crippen molar-refractivity contribution in [1.29, 1.82) is 0 Å². The molecule has 1 unspecified atom stereocenters. The number of hydrogen-bond acceptors (Lipinski definition) is 2. The van der Waals surface area contributed by atoms with Crippen LogP contribution in [0.4, 0.5) is 0 Å². The Balaban J connectivity index is 2.18. The maximum atomic E-state index is 11.7. The van der Waals surface area contributed by atoms with Gasteiger partial charge in [-0.05, 0) is 30.9 Å². The molecule has 0 fully saturated rings. The minimum atomic E-state index is -0.253. The molecule has 0 N–H and O–H groups in total. The van der Waals surface area contributed by atoms with Gasteiger partial charge in [0.15, 0.2) is 5.58 Å². The SMILES string of the molecule is CC(CCBr)CCn1c(=O)oc2ccccc21. The Labute approximate surface area is 109 Å². The number of aromatic nitrogens is 1. The Morgan fingerprint density at radius 3 is 2.88 bits per heavy atom. The van der Waals surface area contributed by atoms with Gasteiger partial charge >= 0.3 is 5.76 Å². The summed E-state index contributed by atoms with van der Waals surface area (Å²) in [7, 11) is 0. The highest BCUT2D eigenvalue weighted by Gasteiger charge is 2.09. The van der Waals surface area contributed by atoms with Gasteiger partial charge in [0.1, 0.15) is 0 Å². The smallest absolute Gasteiger partial charge is 0.408 e. The summed E-state index contributed by atoms with van der Waals surface area (Å²) in [5, 5.41) is 1.01. The summed E-state index contributed by atoms with van der Waals surface area (Å²) < 4.78 is 6.91. The van der Waals surface area contributed by atoms with Crippen LogP contribution in [-0.2, 0) is 6.54 Å². The molecule has 2 rings (SSSR count). The molecule has 0 bridgehead atoms. The molecule has 1 aromatic heterocycles. The Bertz CT molecular complexity index is 544. The van der Waals surface area contributed by atoms with Crippen LogP contribution in [0.1, 0.15) is 19.8 Å². The third-order valence-corrected chi connectivity index (χ3v) is 3.48. The lowest BCUT2D eigenvalue weighted by Crippen LogP contribution is -2.15. The molecule has 0 aliphatic heterocycles. The predicted octanol–water partition coefficient (Wildman–Crippen LogP) is 3.41. The average molecular weight is 298 g/mol. The lowest BCUT2D eigenvalue weighted by atomic mass is 10.1. The lowest BCUT2D eigenvalue weighted by molar-refractivity contribution is 0.442. The van der Waals surface area contributed by atoms with Crippen LogP contribution in [0.2, 0.25) is 0 Å². The maximum Gasteiger partial charge on any atom is 0.419 e. The van der Waals surface area contributed by atoms with Gasteiger partial charge in [-0.1, -0.05) is 35.0 Å². The van der Waals surface area contributed by atoms with Gasteiger partial charge in [-0.2, -0.15) is 0 Å². The van der Waals surface area contributed by atoms with Crippen molar-refractivity contribution < 1.29 is 4.42 Å². The number of halogens is 1. The Kier molecular flexibility index (Phi) is 4.05. The van der Waals surface area contributed by atoms with Gasteiger partial charge in [-0.15, -0.1) is 0 Å². The zero-order valence-corrected chi connectivity index (χ0v) is 11.4. The van der Waals surface area contributed by atoms with Crippen molar-refractivity contribution in [3.05, 3.63) is 34.8 Å². The van der Waals surface area contributed by atoms with E-state index in [4.69, 9.17) is 4.42 Å². The quantitative estimate of drug-likeness (QED) is 0.793. The third-order valence-electron chi connectivity index (χ3n) is 3.02. The molecule has 0 aliphatic carbocycles. The molecule has 1 atom stereocenters. The van der Waals surface area contributed by atoms with E-state index >= 15 is 0 Å². The van der Waals surface area contributed by atoms with Gasteiger partial charge in [-0.25, -0.2) is 4.79 Å². The number of aryl methyl sites for hydroxylation is 1. The number of oxazole rings is 1. The molecular weight excluding hydrogens is 282 g/mol. The highest BCUT2D eigenvalue weighted by atomic mass is 79.9. The van der Waals surface area contributed by atoms with Gasteiger partial charge in [0, 0.05) is 11.9 Å². The van der Waals surface area contributed by atoms with Gasteiger partial charge in [0.05, 0.1) is 5.52 Å². The van der Waals surface area contributed by atoms with Crippen molar-refractivity contribution in [3.63, 3.8) is 0 Å². The number of fused-ring (bicyclic) bond motifs is 1. The van der Waals surface area contributed by atoms with Crippen molar-refractivity contribution in [1.82, 2.24) is 4.57 Å². The Hall–Kier alpha value is -1.03. The lowest BCUT2D eigenvalue weighted by Gasteiger charge is -2.09. The molecule has 0 amide bonds. The molecule has 0 spiro atoms. The summed E-state index contributed by atoms with van der Waals surface area (Å²) >= 11 is 3.44. The summed E-state index contributed by atoms with van der Waals surface area (Å²) in [6.07, 6.45) is 2.12. The number of rotatable bonds is 5. The molecule has 3 nitrogen and oxygen atoms in total. The minimum absolute atomic E-state index is 0.253. The highest BCUT2D eigenvalue weighted by molar-refractivity contribution is 9.09. The summed E-state index contributed by atoms with van der Waals surface area (Å²) in [5.74, 6) is 0.354. The standard InChI is InChI=1S/C13H16BrNO2/c1-10(6-8-14)7-9-15-11-4-2-3-5-12(11)17-13(15)16/h2-5,10H,6-9H2,1H3. The molecule has 0 radical (unpaired) electrons. The molecule has 17 heavy (non-hydrogen) atoms. The molecule has 0 aliphatic rings. The van der Waals surface area contributed by atoms with Crippen molar-refractivity contribution in [3.8, 4) is 0 Å². The van der Waals surface area contributed by atoms with Crippen molar-refractivity contribution in [2.24, 2.45) is 5.92 Å². The number of benzene rings is 1. The number of alkyl halides is 1. The zero-order chi connectivity index (χ0) is 12.3. The second kappa shape index (κ2) is 5.54. The van der Waals surface area contributed by atoms with Gasteiger partial charge < -0.3 is 4.42 Å². The predicted molar refractivity (Wildman–Crippen MR) is 72.7 cm³/mol. The molecule has 92 valence electrons. The van der Waals surface area contributed by atoms with E-state index in [-0.39, 0.29) is 5.76 Å². The molecule has 1 heterocycles. The van der Waals surface area contributed by atoms with E-state index in [1.807, 2.05) is 24.3 Å². The summed E-state index contributed by atoms with van der Waals surface area (Å²) in [5.41, 5.74) is 1.56. The summed E-state index contributed by atoms with van der Waals surface area (Å²) in [6, 6.07) is 7.56. The number of para-hydroxylation sites is 2. The van der Waals surface area contributed by atoms with Crippen LogP contribution in [0.3, 0.4) is 0 Å². The van der Waals surface area contributed by atoms with Crippen LogP contribution < -0.4 is 5.76 Å². The van der Waals surface area contributed by atoms with Gasteiger partial charge in [0.2, 0.25) is 0 Å². The van der Waals surface area contributed by atoms with Crippen molar-refractivity contribution in [2.45, 2.75) is 26.3 Å². The first kappa shape index (κ1) is 12.4. The van der Waals surface area contributed by atoms with Gasteiger partial charge in [-0.3, -0.25) is 4.57 Å². The first-order valence-corrected chi connectivity index (χ1v) is 6.99. The molecule has 0 saturated heterocycles. The molecule has 4 heteroatoms. The highest BCUT2D eigenvalue weighted by Crippen LogP contribution is 2.15. The fourth-order valence-electron chi connectivity index (χ4n) is 1.91.